The summed E-state index contributed by atoms with van der Waals surface area (Å²) in [4.78, 5) is 39.9. The first-order chi connectivity index (χ1) is 12.8. The number of nitrogens with zero attached hydrogens (tertiary/aromatic N) is 6. The Labute approximate surface area is 148 Å². The van der Waals surface area contributed by atoms with Gasteiger partial charge in [-0.15, -0.1) is 0 Å². The predicted molar refractivity (Wildman–Crippen MR) is 95.9 cm³/mol. The lowest BCUT2D eigenvalue weighted by Crippen LogP contribution is -2.49. The molecule has 9 nitrogen and oxygen atoms in total. The number of aromatic amines is 2. The van der Waals surface area contributed by atoms with Gasteiger partial charge < -0.3 is 19.8 Å². The Hall–Kier alpha value is -3.49. The van der Waals surface area contributed by atoms with Gasteiger partial charge in [0.25, 0.3) is 5.91 Å². The molecule has 5 rings (SSSR count). The van der Waals surface area contributed by atoms with Crippen LogP contribution in [0.5, 0.6) is 0 Å². The second-order valence-corrected chi connectivity index (χ2v) is 6.21. The maximum Gasteiger partial charge on any atom is 0.254 e. The summed E-state index contributed by atoms with van der Waals surface area (Å²) in [5.41, 5.74) is 3.89. The molecule has 1 saturated heterocycles. The molecule has 130 valence electrons. The molecule has 3 aromatic heterocycles. The number of benzene rings is 1. The number of piperazine rings is 1. The van der Waals surface area contributed by atoms with E-state index < -0.39 is 0 Å². The van der Waals surface area contributed by atoms with Gasteiger partial charge in [-0.25, -0.2) is 19.9 Å². The first-order valence-electron chi connectivity index (χ1n) is 8.41. The predicted octanol–water partition coefficient (Wildman–Crippen LogP) is 1.19. The molecule has 1 aromatic carbocycles. The van der Waals surface area contributed by atoms with E-state index in [0.717, 1.165) is 22.4 Å². The zero-order valence-electron chi connectivity index (χ0n) is 13.9. The van der Waals surface area contributed by atoms with Crippen molar-refractivity contribution in [1.82, 2.24) is 34.8 Å². The first-order valence-corrected chi connectivity index (χ1v) is 8.41. The molecule has 0 bridgehead atoms. The highest BCUT2D eigenvalue weighted by Crippen LogP contribution is 2.21. The first kappa shape index (κ1) is 14.8. The number of fused-ring (bicyclic) bond motifs is 2. The fourth-order valence-electron chi connectivity index (χ4n) is 3.36. The van der Waals surface area contributed by atoms with E-state index in [1.807, 2.05) is 23.1 Å². The molecule has 4 heterocycles. The lowest BCUT2D eigenvalue weighted by Gasteiger charge is -2.35. The smallest absolute Gasteiger partial charge is 0.254 e. The van der Waals surface area contributed by atoms with E-state index in [9.17, 15) is 4.79 Å². The average Bonchev–Trinajstić information content (AvgIpc) is 3.35. The van der Waals surface area contributed by atoms with Crippen LogP contribution in [0, 0.1) is 0 Å². The monoisotopic (exact) mass is 348 g/mol. The highest BCUT2D eigenvalue weighted by molar-refractivity contribution is 5.97. The van der Waals surface area contributed by atoms with E-state index in [0.29, 0.717) is 37.4 Å². The minimum atomic E-state index is 0.0375. The molecule has 0 saturated carbocycles. The fraction of sp³-hybridized carbons (Fsp3) is 0.235. The SMILES string of the molecule is O=C(c1ccc2nc[nH]c2c1)N1CCN(c2ncnc3nc[nH]c23)CC1. The van der Waals surface area contributed by atoms with Gasteiger partial charge in [0.15, 0.2) is 11.5 Å². The summed E-state index contributed by atoms with van der Waals surface area (Å²) in [6.07, 6.45) is 4.78. The van der Waals surface area contributed by atoms with Crippen molar-refractivity contribution in [2.45, 2.75) is 0 Å². The van der Waals surface area contributed by atoms with Gasteiger partial charge in [0.2, 0.25) is 0 Å². The molecule has 26 heavy (non-hydrogen) atoms. The number of rotatable bonds is 2. The van der Waals surface area contributed by atoms with Crippen molar-refractivity contribution < 1.29 is 4.79 Å². The molecule has 9 heteroatoms. The van der Waals surface area contributed by atoms with Gasteiger partial charge in [-0.1, -0.05) is 0 Å². The second kappa shape index (κ2) is 5.80. The number of amides is 1. The Kier molecular flexibility index (Phi) is 3.30. The number of imidazole rings is 2. The third kappa shape index (κ3) is 2.36. The zero-order chi connectivity index (χ0) is 17.5. The number of anilines is 1. The van der Waals surface area contributed by atoms with Crippen molar-refractivity contribution in [3.8, 4) is 0 Å². The van der Waals surface area contributed by atoms with Gasteiger partial charge in [-0.3, -0.25) is 4.79 Å². The molecule has 1 aliphatic heterocycles. The fourth-order valence-corrected chi connectivity index (χ4v) is 3.36. The van der Waals surface area contributed by atoms with Crippen LogP contribution in [0.25, 0.3) is 22.2 Å². The van der Waals surface area contributed by atoms with Crippen LogP contribution in [0.4, 0.5) is 5.82 Å². The van der Waals surface area contributed by atoms with Crippen molar-refractivity contribution in [2.75, 3.05) is 31.1 Å². The van der Waals surface area contributed by atoms with Gasteiger partial charge in [0, 0.05) is 31.7 Å². The number of hydrogen-bond donors (Lipinski definition) is 2. The molecule has 1 amide bonds. The summed E-state index contributed by atoms with van der Waals surface area (Å²) in [6.45, 7) is 2.70. The van der Waals surface area contributed by atoms with E-state index in [1.165, 1.54) is 6.33 Å². The van der Waals surface area contributed by atoms with Crippen LogP contribution in [-0.4, -0.2) is 66.9 Å². The molecule has 4 aromatic rings. The Morgan fingerprint density at radius 2 is 1.81 bits per heavy atom. The molecule has 0 spiro atoms. The molecule has 0 unspecified atom stereocenters. The third-order valence-corrected chi connectivity index (χ3v) is 4.74. The number of carbonyl (C=O) groups is 1. The van der Waals surface area contributed by atoms with Crippen LogP contribution in [-0.2, 0) is 0 Å². The number of nitrogens with one attached hydrogen (secondary N) is 2. The normalized spacial score (nSPS) is 15.1. The van der Waals surface area contributed by atoms with Crippen LogP contribution >= 0.6 is 0 Å². The number of aromatic nitrogens is 6. The molecule has 0 aliphatic carbocycles. The quantitative estimate of drug-likeness (QED) is 0.564. The molecule has 1 fully saturated rings. The zero-order valence-corrected chi connectivity index (χ0v) is 13.9. The summed E-state index contributed by atoms with van der Waals surface area (Å²) in [5.74, 6) is 0.869. The van der Waals surface area contributed by atoms with Gasteiger partial charge >= 0.3 is 0 Å². The summed E-state index contributed by atoms with van der Waals surface area (Å²) in [6, 6.07) is 5.55. The number of hydrogen-bond acceptors (Lipinski definition) is 6. The van der Waals surface area contributed by atoms with E-state index in [2.05, 4.69) is 34.8 Å². The molecule has 2 N–H and O–H groups in total. The van der Waals surface area contributed by atoms with Crippen LogP contribution in [0.15, 0.2) is 37.2 Å². The van der Waals surface area contributed by atoms with Crippen LogP contribution < -0.4 is 4.90 Å². The highest BCUT2D eigenvalue weighted by atomic mass is 16.2. The Bertz CT molecular complexity index is 1090. The largest absolute Gasteiger partial charge is 0.351 e. The number of H-pyrrole nitrogens is 2. The number of carbonyl (C=O) groups excluding carboxylic acids is 1. The van der Waals surface area contributed by atoms with Gasteiger partial charge in [0.05, 0.1) is 23.7 Å². The van der Waals surface area contributed by atoms with Gasteiger partial charge in [0.1, 0.15) is 11.8 Å². The molecule has 1 aliphatic rings. The summed E-state index contributed by atoms with van der Waals surface area (Å²) in [5, 5.41) is 0. The average molecular weight is 348 g/mol. The van der Waals surface area contributed by atoms with Crippen molar-refractivity contribution in [3.05, 3.63) is 42.7 Å². The standard InChI is InChI=1S/C17H16N8O/c26-17(11-1-2-12-13(7-11)19-8-18-12)25-5-3-24(4-6-25)16-14-15(21-9-20-14)22-10-23-16/h1-2,7-10H,3-6H2,(H,18,19)(H,20,21,22,23). The maximum absolute atomic E-state index is 12.8. The minimum Gasteiger partial charge on any atom is -0.351 e. The summed E-state index contributed by atoms with van der Waals surface area (Å²) < 4.78 is 0. The van der Waals surface area contributed by atoms with Gasteiger partial charge in [-0.05, 0) is 18.2 Å². The topological polar surface area (TPSA) is 107 Å². The van der Waals surface area contributed by atoms with Gasteiger partial charge in [-0.2, -0.15) is 0 Å². The minimum absolute atomic E-state index is 0.0375. The Balaban J connectivity index is 1.33. The lowest BCUT2D eigenvalue weighted by molar-refractivity contribution is 0.0747. The lowest BCUT2D eigenvalue weighted by atomic mass is 10.1. The van der Waals surface area contributed by atoms with Crippen LogP contribution in [0.3, 0.4) is 0 Å². The second-order valence-electron chi connectivity index (χ2n) is 6.21. The summed E-state index contributed by atoms with van der Waals surface area (Å²) >= 11 is 0. The molecule has 0 radical (unpaired) electrons. The van der Waals surface area contributed by atoms with Crippen LogP contribution in [0.2, 0.25) is 0 Å². The third-order valence-electron chi connectivity index (χ3n) is 4.74. The van der Waals surface area contributed by atoms with E-state index in [4.69, 9.17) is 0 Å². The molecular weight excluding hydrogens is 332 g/mol. The van der Waals surface area contributed by atoms with Crippen LogP contribution in [0.1, 0.15) is 10.4 Å². The van der Waals surface area contributed by atoms with E-state index >= 15 is 0 Å². The Morgan fingerprint density at radius 3 is 2.69 bits per heavy atom. The highest BCUT2D eigenvalue weighted by Gasteiger charge is 2.24. The maximum atomic E-state index is 12.8. The van der Waals surface area contributed by atoms with Crippen molar-refractivity contribution >= 4 is 33.9 Å². The molecule has 0 atom stereocenters. The van der Waals surface area contributed by atoms with Crippen molar-refractivity contribution in [3.63, 3.8) is 0 Å². The summed E-state index contributed by atoms with van der Waals surface area (Å²) in [7, 11) is 0. The van der Waals surface area contributed by atoms with Crippen molar-refractivity contribution in [1.29, 1.82) is 0 Å². The Morgan fingerprint density at radius 1 is 0.962 bits per heavy atom. The van der Waals surface area contributed by atoms with E-state index in [-0.39, 0.29) is 5.91 Å². The van der Waals surface area contributed by atoms with E-state index in [1.54, 1.807) is 12.7 Å². The molecular formula is C17H16N8O. The van der Waals surface area contributed by atoms with Crippen molar-refractivity contribution in [2.24, 2.45) is 0 Å².